The van der Waals surface area contributed by atoms with Gasteiger partial charge in [-0.1, -0.05) is 0 Å². The summed E-state index contributed by atoms with van der Waals surface area (Å²) in [7, 11) is 4.75. The minimum atomic E-state index is -0.153. The van der Waals surface area contributed by atoms with Crippen LogP contribution < -0.4 is 24.3 Å². The van der Waals surface area contributed by atoms with E-state index in [1.807, 2.05) is 42.3 Å². The molecule has 0 aliphatic carbocycles. The molecule has 0 aliphatic heterocycles. The fourth-order valence-electron chi connectivity index (χ4n) is 3.11. The molecule has 1 aromatic heterocycles. The molecule has 1 N–H and O–H groups in total. The number of hydrogen-bond acceptors (Lipinski definition) is 6. The van der Waals surface area contributed by atoms with Gasteiger partial charge in [-0.25, -0.2) is 0 Å². The van der Waals surface area contributed by atoms with Gasteiger partial charge in [0.05, 0.1) is 0 Å². The van der Waals surface area contributed by atoms with Crippen molar-refractivity contribution in [2.45, 2.75) is 13.8 Å². The van der Waals surface area contributed by atoms with Gasteiger partial charge in [0.25, 0.3) is 0 Å². The molecule has 0 radical (unpaired) electrons. The molecule has 0 spiro atoms. The summed E-state index contributed by atoms with van der Waals surface area (Å²) in [6.07, 6.45) is 0. The Morgan fingerprint density at radius 2 is 1.70 bits per heavy atom. The zero-order valence-corrected chi connectivity index (χ0v) is 19.3. The van der Waals surface area contributed by atoms with Gasteiger partial charge in [0, 0.05) is 0 Å². The Morgan fingerprint density at radius 3 is 2.27 bits per heavy atom. The van der Waals surface area contributed by atoms with Crippen molar-refractivity contribution in [3.63, 3.8) is 0 Å². The number of rotatable bonds is 8. The molecule has 0 aliphatic rings. The summed E-state index contributed by atoms with van der Waals surface area (Å²) in [6.45, 7) is 3.90. The fourth-order valence-corrected chi connectivity index (χ4v) is 4.81. The first-order valence-electron chi connectivity index (χ1n) is 9.31. The molecule has 158 valence electrons. The topological polar surface area (TPSA) is 78.9 Å². The van der Waals surface area contributed by atoms with Gasteiger partial charge >= 0.3 is 182 Å². The standard InChI is InChI=1S/C22H24N2O5Se/c1-6-29-17-8-7-14(9-16(17)24-13(2)25)22-20(23-12-30-22)15-10-18(26-3)21(28-5)19(11-15)27-4/h7-12H,6H2,1-5H3,(H,24,25). The Morgan fingerprint density at radius 1 is 1.00 bits per heavy atom. The van der Waals surface area contributed by atoms with Gasteiger partial charge in [-0.3, -0.25) is 0 Å². The van der Waals surface area contributed by atoms with Crippen LogP contribution in [0.4, 0.5) is 5.69 Å². The molecule has 8 heteroatoms. The Hall–Kier alpha value is -2.96. The molecule has 0 saturated heterocycles. The van der Waals surface area contributed by atoms with Crippen molar-refractivity contribution in [3.05, 3.63) is 35.4 Å². The Balaban J connectivity index is 2.11. The number of carbonyl (C=O) groups is 1. The molecule has 2 aromatic carbocycles. The third kappa shape index (κ3) is 4.45. The molecule has 7 nitrogen and oxygen atoms in total. The predicted molar refractivity (Wildman–Crippen MR) is 117 cm³/mol. The van der Waals surface area contributed by atoms with E-state index in [4.69, 9.17) is 18.9 Å². The number of ether oxygens (including phenoxy) is 4. The Bertz CT molecular complexity index is 1020. The molecule has 0 saturated carbocycles. The van der Waals surface area contributed by atoms with E-state index in [1.165, 1.54) is 6.92 Å². The van der Waals surface area contributed by atoms with E-state index >= 15 is 0 Å². The van der Waals surface area contributed by atoms with E-state index in [1.54, 1.807) is 21.3 Å². The van der Waals surface area contributed by atoms with E-state index in [2.05, 4.69) is 10.3 Å². The van der Waals surface area contributed by atoms with Crippen LogP contribution in [0.3, 0.4) is 0 Å². The monoisotopic (exact) mass is 476 g/mol. The average Bonchev–Trinajstić information content (AvgIpc) is 3.23. The van der Waals surface area contributed by atoms with Gasteiger partial charge in [-0.05, 0) is 0 Å². The second kappa shape index (κ2) is 9.69. The normalized spacial score (nSPS) is 10.4. The number of anilines is 1. The van der Waals surface area contributed by atoms with Crippen LogP contribution in [0.25, 0.3) is 21.3 Å². The van der Waals surface area contributed by atoms with Crippen molar-refractivity contribution in [2.75, 3.05) is 33.3 Å². The van der Waals surface area contributed by atoms with E-state index in [0.717, 1.165) is 21.3 Å². The second-order valence-corrected chi connectivity index (χ2v) is 8.06. The summed E-state index contributed by atoms with van der Waals surface area (Å²) in [5.41, 5.74) is 3.32. The van der Waals surface area contributed by atoms with Gasteiger partial charge in [0.1, 0.15) is 0 Å². The van der Waals surface area contributed by atoms with E-state index in [-0.39, 0.29) is 20.4 Å². The van der Waals surface area contributed by atoms with Gasteiger partial charge < -0.3 is 0 Å². The van der Waals surface area contributed by atoms with Crippen molar-refractivity contribution in [1.29, 1.82) is 0 Å². The number of carbonyl (C=O) groups excluding carboxylic acids is 1. The zero-order chi connectivity index (χ0) is 21.7. The summed E-state index contributed by atoms with van der Waals surface area (Å²) in [6, 6.07) is 9.56. The summed E-state index contributed by atoms with van der Waals surface area (Å²) in [5, 5.41) is 4.78. The quantitative estimate of drug-likeness (QED) is 0.499. The van der Waals surface area contributed by atoms with Crippen LogP contribution in [0, 0.1) is 0 Å². The number of benzene rings is 2. The van der Waals surface area contributed by atoms with Crippen molar-refractivity contribution in [2.24, 2.45) is 0 Å². The molecule has 30 heavy (non-hydrogen) atoms. The maximum absolute atomic E-state index is 11.7. The second-order valence-electron chi connectivity index (χ2n) is 6.27. The van der Waals surface area contributed by atoms with Crippen LogP contribution in [-0.2, 0) is 4.79 Å². The first-order valence-corrected chi connectivity index (χ1v) is 11.2. The molecule has 3 rings (SSSR count). The summed E-state index contributed by atoms with van der Waals surface area (Å²) in [5.74, 6) is 2.16. The molecule has 0 unspecified atom stereocenters. The van der Waals surface area contributed by atoms with Crippen LogP contribution in [0.1, 0.15) is 13.8 Å². The summed E-state index contributed by atoms with van der Waals surface area (Å²) < 4.78 is 23.1. The van der Waals surface area contributed by atoms with E-state index in [0.29, 0.717) is 35.3 Å². The third-order valence-electron chi connectivity index (χ3n) is 4.36. The molecule has 3 aromatic rings. The number of hydrogen-bond donors (Lipinski definition) is 1. The van der Waals surface area contributed by atoms with Gasteiger partial charge in [0.2, 0.25) is 0 Å². The van der Waals surface area contributed by atoms with E-state index < -0.39 is 0 Å². The van der Waals surface area contributed by atoms with Crippen molar-refractivity contribution < 1.29 is 23.7 Å². The predicted octanol–water partition coefficient (Wildman–Crippen LogP) is 3.86. The summed E-state index contributed by atoms with van der Waals surface area (Å²) in [4.78, 5) is 16.3. The molecule has 0 atom stereocenters. The number of nitrogens with zero attached hydrogens (tertiary/aromatic N) is 1. The Labute approximate surface area is 181 Å². The first-order chi connectivity index (χ1) is 14.5. The third-order valence-corrected chi connectivity index (χ3v) is 6.19. The zero-order valence-electron chi connectivity index (χ0n) is 17.6. The molecule has 1 heterocycles. The van der Waals surface area contributed by atoms with E-state index in [9.17, 15) is 4.79 Å². The molecule has 0 bridgehead atoms. The number of methoxy groups -OCH3 is 3. The van der Waals surface area contributed by atoms with Gasteiger partial charge in [0.15, 0.2) is 0 Å². The number of aromatic nitrogens is 1. The van der Waals surface area contributed by atoms with Crippen LogP contribution in [0.5, 0.6) is 23.0 Å². The SMILES string of the molecule is CCOc1ccc(-c2[se]cnc2-c2cc(OC)c(OC)c(OC)c2)cc1NC(C)=O. The average molecular weight is 475 g/mol. The first kappa shape index (κ1) is 21.7. The van der Waals surface area contributed by atoms with Crippen molar-refractivity contribution in [1.82, 2.24) is 4.98 Å². The van der Waals surface area contributed by atoms with Crippen molar-refractivity contribution >= 4 is 26.1 Å². The van der Waals surface area contributed by atoms with Crippen LogP contribution in [-0.4, -0.2) is 53.3 Å². The maximum atomic E-state index is 11.7. The summed E-state index contributed by atoms with van der Waals surface area (Å²) >= 11 is 0.0381. The van der Waals surface area contributed by atoms with Crippen LogP contribution in [0.2, 0.25) is 0 Å². The van der Waals surface area contributed by atoms with Crippen LogP contribution >= 0.6 is 0 Å². The molecule has 0 fully saturated rings. The Kier molecular flexibility index (Phi) is 7.02. The fraction of sp³-hybridized carbons (Fsp3) is 0.273. The van der Waals surface area contributed by atoms with Gasteiger partial charge in [-0.15, -0.1) is 0 Å². The number of nitrogens with one attached hydrogen (secondary N) is 1. The van der Waals surface area contributed by atoms with Gasteiger partial charge in [-0.2, -0.15) is 0 Å². The number of amides is 1. The molecular formula is C22H24N2O5Se. The molecule has 1 amide bonds. The van der Waals surface area contributed by atoms with Crippen LogP contribution in [0.15, 0.2) is 35.4 Å². The van der Waals surface area contributed by atoms with Crippen molar-refractivity contribution in [3.8, 4) is 44.3 Å². The molecular weight excluding hydrogens is 451 g/mol. The minimum absolute atomic E-state index is 0.0381.